The third kappa shape index (κ3) is 7.91. The molecule has 0 aromatic heterocycles. The highest BCUT2D eigenvalue weighted by Crippen LogP contribution is 2.09. The summed E-state index contributed by atoms with van der Waals surface area (Å²) in [5.41, 5.74) is 0. The molecule has 0 saturated carbocycles. The summed E-state index contributed by atoms with van der Waals surface area (Å²) < 4.78 is 1.12. The third-order valence-corrected chi connectivity index (χ3v) is 2.85. The van der Waals surface area contributed by atoms with Crippen LogP contribution in [-0.2, 0) is 0 Å². The first-order valence-electron chi connectivity index (χ1n) is 5.65. The maximum absolute atomic E-state index is 9.97. The Morgan fingerprint density at radius 1 is 0.882 bits per heavy atom. The van der Waals surface area contributed by atoms with E-state index in [1.165, 1.54) is 0 Å². The fourth-order valence-corrected chi connectivity index (χ4v) is 1.88. The Bertz CT molecular complexity index is 203. The molecule has 106 valence electrons. The normalized spacial score (nSPS) is 14.6. The molecule has 0 heterocycles. The zero-order chi connectivity index (χ0) is 13.0. The second kappa shape index (κ2) is 7.51. The summed E-state index contributed by atoms with van der Waals surface area (Å²) in [5, 5.41) is 28.3. The number of aliphatic hydroxyl groups is 3. The van der Waals surface area contributed by atoms with Gasteiger partial charge in [-0.1, -0.05) is 0 Å². The van der Waals surface area contributed by atoms with Gasteiger partial charge in [0.25, 0.3) is 0 Å². The molecule has 0 saturated heterocycles. The van der Waals surface area contributed by atoms with Crippen molar-refractivity contribution in [3.05, 3.63) is 0 Å². The standard InChI is InChI=1S/C11H28N2O3.ClH/c1-12(2,3)6-11(16)7-13(4,5)10(8-14)9-15;/h10-11,14-16H,6-9H2,1-5H3;1H/q+2;. The lowest BCUT2D eigenvalue weighted by Crippen LogP contribution is -2.58. The largest absolute Gasteiger partial charge is 0.390 e. The molecule has 0 radical (unpaired) electrons. The molecule has 0 bridgehead atoms. The molecule has 0 aliphatic rings. The van der Waals surface area contributed by atoms with Crippen molar-refractivity contribution in [3.63, 3.8) is 0 Å². The van der Waals surface area contributed by atoms with E-state index in [2.05, 4.69) is 0 Å². The molecule has 3 N–H and O–H groups in total. The molecular formula is C11H29ClN2O3+2. The highest BCUT2D eigenvalue weighted by Gasteiger charge is 2.31. The van der Waals surface area contributed by atoms with Crippen LogP contribution >= 0.6 is 12.4 Å². The molecule has 0 aliphatic heterocycles. The van der Waals surface area contributed by atoms with Gasteiger partial charge in [0, 0.05) is 0 Å². The van der Waals surface area contributed by atoms with E-state index in [9.17, 15) is 5.11 Å². The minimum absolute atomic E-state index is 0. The van der Waals surface area contributed by atoms with Crippen molar-refractivity contribution in [2.75, 3.05) is 61.5 Å². The summed E-state index contributed by atoms with van der Waals surface area (Å²) >= 11 is 0. The van der Waals surface area contributed by atoms with Crippen LogP contribution in [0.2, 0.25) is 0 Å². The van der Waals surface area contributed by atoms with Crippen molar-refractivity contribution in [1.29, 1.82) is 0 Å². The van der Waals surface area contributed by atoms with Crippen LogP contribution in [-0.4, -0.2) is 98.0 Å². The Morgan fingerprint density at radius 2 is 1.29 bits per heavy atom. The van der Waals surface area contributed by atoms with Crippen LogP contribution in [0.3, 0.4) is 0 Å². The molecule has 1 atom stereocenters. The monoisotopic (exact) mass is 272 g/mol. The van der Waals surface area contributed by atoms with Gasteiger partial charge in [-0.05, 0) is 0 Å². The second-order valence-electron chi connectivity index (χ2n) is 6.11. The lowest BCUT2D eigenvalue weighted by Gasteiger charge is -2.38. The number of rotatable bonds is 7. The minimum Gasteiger partial charge on any atom is -0.390 e. The fourth-order valence-electron chi connectivity index (χ4n) is 1.88. The quantitative estimate of drug-likeness (QED) is 0.516. The summed E-state index contributed by atoms with van der Waals surface area (Å²) in [6, 6.07) is -0.234. The maximum atomic E-state index is 9.97. The molecule has 0 amide bonds. The lowest BCUT2D eigenvalue weighted by molar-refractivity contribution is -0.926. The molecule has 0 fully saturated rings. The molecule has 0 aliphatic carbocycles. The number of hydrogen-bond acceptors (Lipinski definition) is 3. The van der Waals surface area contributed by atoms with Gasteiger partial charge in [-0.25, -0.2) is 0 Å². The summed E-state index contributed by atoms with van der Waals surface area (Å²) in [5.74, 6) is 0. The van der Waals surface area contributed by atoms with Gasteiger partial charge in [-0.3, -0.25) is 0 Å². The van der Waals surface area contributed by atoms with Crippen molar-refractivity contribution in [2.24, 2.45) is 0 Å². The first-order valence-corrected chi connectivity index (χ1v) is 5.65. The van der Waals surface area contributed by atoms with E-state index >= 15 is 0 Å². The number of aliphatic hydroxyl groups excluding tert-OH is 3. The van der Waals surface area contributed by atoms with E-state index in [1.54, 1.807) is 0 Å². The molecule has 1 unspecified atom stereocenters. The van der Waals surface area contributed by atoms with E-state index in [0.717, 1.165) is 0 Å². The van der Waals surface area contributed by atoms with E-state index in [1.807, 2.05) is 35.2 Å². The Balaban J connectivity index is 0. The number of nitrogens with zero attached hydrogens (tertiary/aromatic N) is 2. The van der Waals surface area contributed by atoms with Gasteiger partial charge in [0.15, 0.2) is 6.10 Å². The van der Waals surface area contributed by atoms with E-state index in [4.69, 9.17) is 10.2 Å². The molecule has 0 aromatic rings. The molecular weight excluding hydrogens is 244 g/mol. The van der Waals surface area contributed by atoms with Crippen molar-refractivity contribution in [1.82, 2.24) is 0 Å². The summed E-state index contributed by atoms with van der Waals surface area (Å²) in [7, 11) is 9.91. The van der Waals surface area contributed by atoms with E-state index in [0.29, 0.717) is 22.1 Å². The smallest absolute Gasteiger partial charge is 0.152 e. The average molecular weight is 273 g/mol. The molecule has 0 rings (SSSR count). The van der Waals surface area contributed by atoms with Gasteiger partial charge in [0.2, 0.25) is 0 Å². The third-order valence-electron chi connectivity index (χ3n) is 2.85. The number of hydrogen-bond donors (Lipinski definition) is 3. The SMILES string of the molecule is C[N+](C)(C)CC(O)C[N+](C)(C)C(CO)CO.Cl. The van der Waals surface area contributed by atoms with Gasteiger partial charge in [0.1, 0.15) is 19.1 Å². The topological polar surface area (TPSA) is 60.7 Å². The lowest BCUT2D eigenvalue weighted by atomic mass is 10.2. The molecule has 5 nitrogen and oxygen atoms in total. The maximum Gasteiger partial charge on any atom is 0.152 e. The summed E-state index contributed by atoms with van der Waals surface area (Å²) in [4.78, 5) is 0. The van der Waals surface area contributed by atoms with Crippen LogP contribution in [0.1, 0.15) is 0 Å². The van der Waals surface area contributed by atoms with Gasteiger partial charge < -0.3 is 24.3 Å². The number of quaternary nitrogens is 2. The van der Waals surface area contributed by atoms with Crippen molar-refractivity contribution in [2.45, 2.75) is 12.1 Å². The van der Waals surface area contributed by atoms with Crippen LogP contribution < -0.4 is 0 Å². The van der Waals surface area contributed by atoms with Crippen LogP contribution in [0.5, 0.6) is 0 Å². The van der Waals surface area contributed by atoms with Crippen LogP contribution in [0.4, 0.5) is 0 Å². The fraction of sp³-hybridized carbons (Fsp3) is 1.00. The number of halogens is 1. The van der Waals surface area contributed by atoms with Crippen LogP contribution in [0.15, 0.2) is 0 Å². The predicted molar refractivity (Wildman–Crippen MR) is 71.1 cm³/mol. The Hall–Kier alpha value is 0.0900. The first kappa shape index (κ1) is 19.4. The molecule has 6 heteroatoms. The minimum atomic E-state index is -0.435. The Kier molecular flexibility index (Phi) is 8.58. The van der Waals surface area contributed by atoms with Crippen molar-refractivity contribution in [3.8, 4) is 0 Å². The van der Waals surface area contributed by atoms with Crippen molar-refractivity contribution < 1.29 is 24.3 Å². The average Bonchev–Trinajstić information content (AvgIpc) is 1.99. The van der Waals surface area contributed by atoms with Gasteiger partial charge >= 0.3 is 0 Å². The Morgan fingerprint density at radius 3 is 1.59 bits per heavy atom. The molecule has 17 heavy (non-hydrogen) atoms. The van der Waals surface area contributed by atoms with E-state index in [-0.39, 0.29) is 31.7 Å². The molecule has 0 aromatic carbocycles. The Labute approximate surface area is 111 Å². The summed E-state index contributed by atoms with van der Waals surface area (Å²) in [6.45, 7) is 1.05. The van der Waals surface area contributed by atoms with Crippen LogP contribution in [0.25, 0.3) is 0 Å². The summed E-state index contributed by atoms with van der Waals surface area (Å²) in [6.07, 6.45) is -0.435. The van der Waals surface area contributed by atoms with E-state index < -0.39 is 6.10 Å². The highest BCUT2D eigenvalue weighted by molar-refractivity contribution is 5.85. The predicted octanol–water partition coefficient (Wildman–Crippen LogP) is -1.10. The van der Waals surface area contributed by atoms with Gasteiger partial charge in [-0.15, -0.1) is 12.4 Å². The van der Waals surface area contributed by atoms with Gasteiger partial charge in [0.05, 0.1) is 48.5 Å². The molecule has 0 spiro atoms. The van der Waals surface area contributed by atoms with Crippen LogP contribution in [0, 0.1) is 0 Å². The van der Waals surface area contributed by atoms with Gasteiger partial charge in [-0.2, -0.15) is 0 Å². The second-order valence-corrected chi connectivity index (χ2v) is 6.11. The zero-order valence-electron chi connectivity index (χ0n) is 11.6. The zero-order valence-corrected chi connectivity index (χ0v) is 12.4. The first-order chi connectivity index (χ1) is 7.12. The van der Waals surface area contributed by atoms with Crippen molar-refractivity contribution >= 4 is 12.4 Å². The number of likely N-dealkylation sites (N-methyl/N-ethyl adjacent to an activating group) is 2. The highest BCUT2D eigenvalue weighted by atomic mass is 35.5.